The molecule has 114 valence electrons. The summed E-state index contributed by atoms with van der Waals surface area (Å²) in [5, 5.41) is 1.37. The molecule has 1 aromatic heterocycles. The van der Waals surface area contributed by atoms with E-state index in [9.17, 15) is 4.79 Å². The van der Waals surface area contributed by atoms with Crippen molar-refractivity contribution in [1.29, 1.82) is 0 Å². The molecule has 3 heterocycles. The number of aldehydes is 1. The molecule has 3 heteroatoms. The maximum Gasteiger partial charge on any atom is 0.120 e. The molecule has 0 bridgehead atoms. The van der Waals surface area contributed by atoms with Gasteiger partial charge in [-0.25, -0.2) is 0 Å². The third-order valence-corrected chi connectivity index (χ3v) is 5.55. The average Bonchev–Trinajstić information content (AvgIpc) is 2.93. The predicted octanol–water partition coefficient (Wildman–Crippen LogP) is 3.48. The summed E-state index contributed by atoms with van der Waals surface area (Å²) in [6.45, 7) is 6.12. The minimum absolute atomic E-state index is 0.425. The van der Waals surface area contributed by atoms with Gasteiger partial charge in [-0.15, -0.1) is 6.58 Å². The fourth-order valence-corrected chi connectivity index (χ4v) is 4.40. The van der Waals surface area contributed by atoms with Crippen LogP contribution in [-0.4, -0.2) is 29.3 Å². The minimum atomic E-state index is 0.425. The molecule has 1 aromatic carbocycles. The maximum atomic E-state index is 11.0. The summed E-state index contributed by atoms with van der Waals surface area (Å²) in [7, 11) is 0. The fraction of sp³-hybridized carbons (Fsp3) is 0.421. The van der Waals surface area contributed by atoms with Crippen LogP contribution in [0.3, 0.4) is 0 Å². The Balaban J connectivity index is 1.74. The lowest BCUT2D eigenvalue weighted by Gasteiger charge is -2.45. The number of aromatic amines is 1. The lowest BCUT2D eigenvalue weighted by molar-refractivity contribution is -0.109. The van der Waals surface area contributed by atoms with Crippen LogP contribution >= 0.6 is 0 Å². The number of hydrogen-bond acceptors (Lipinski definition) is 2. The lowest BCUT2D eigenvalue weighted by Crippen LogP contribution is -2.45. The Morgan fingerprint density at radius 2 is 2.23 bits per heavy atom. The van der Waals surface area contributed by atoms with Gasteiger partial charge in [0, 0.05) is 36.1 Å². The Labute approximate surface area is 131 Å². The van der Waals surface area contributed by atoms with E-state index in [1.165, 1.54) is 22.2 Å². The molecule has 1 fully saturated rings. The van der Waals surface area contributed by atoms with Gasteiger partial charge in [0.15, 0.2) is 0 Å². The molecule has 1 N–H and O–H groups in total. The average molecular weight is 294 g/mol. The molecule has 1 saturated heterocycles. The number of piperidine rings is 1. The second kappa shape index (κ2) is 5.40. The van der Waals surface area contributed by atoms with E-state index in [4.69, 9.17) is 0 Å². The molecule has 0 saturated carbocycles. The standard InChI is InChI=1S/C19H22N2O/c1-2-13-12-21-9-7-16-15-5-3-4-6-17(15)20-19(16)18(21)11-14(13)8-10-22/h2-6,10,13-14,18,20H,1,7-9,11-12H2. The number of hydrogen-bond donors (Lipinski definition) is 1. The van der Waals surface area contributed by atoms with E-state index in [2.05, 4.69) is 40.7 Å². The van der Waals surface area contributed by atoms with Crippen LogP contribution in [0.1, 0.15) is 30.1 Å². The van der Waals surface area contributed by atoms with Crippen molar-refractivity contribution < 1.29 is 4.79 Å². The third-order valence-electron chi connectivity index (χ3n) is 5.55. The molecule has 0 aliphatic carbocycles. The first-order chi connectivity index (χ1) is 10.8. The van der Waals surface area contributed by atoms with E-state index in [0.717, 1.165) is 32.2 Å². The van der Waals surface area contributed by atoms with E-state index in [1.807, 2.05) is 6.08 Å². The van der Waals surface area contributed by atoms with Crippen molar-refractivity contribution in [2.24, 2.45) is 11.8 Å². The van der Waals surface area contributed by atoms with Gasteiger partial charge in [0.25, 0.3) is 0 Å². The van der Waals surface area contributed by atoms with Crippen LogP contribution in [-0.2, 0) is 11.2 Å². The predicted molar refractivity (Wildman–Crippen MR) is 88.8 cm³/mol. The van der Waals surface area contributed by atoms with Crippen molar-refractivity contribution >= 4 is 17.2 Å². The molecule has 3 nitrogen and oxygen atoms in total. The molecule has 3 unspecified atom stereocenters. The van der Waals surface area contributed by atoms with Gasteiger partial charge in [-0.2, -0.15) is 0 Å². The van der Waals surface area contributed by atoms with Gasteiger partial charge in [0.2, 0.25) is 0 Å². The topological polar surface area (TPSA) is 36.1 Å². The van der Waals surface area contributed by atoms with Crippen molar-refractivity contribution in [2.75, 3.05) is 13.1 Å². The minimum Gasteiger partial charge on any atom is -0.357 e. The first-order valence-corrected chi connectivity index (χ1v) is 8.21. The molecule has 2 aliphatic rings. The smallest absolute Gasteiger partial charge is 0.120 e. The molecule has 2 aromatic rings. The van der Waals surface area contributed by atoms with Gasteiger partial charge in [-0.1, -0.05) is 24.3 Å². The summed E-state index contributed by atoms with van der Waals surface area (Å²) < 4.78 is 0. The number of nitrogens with one attached hydrogen (secondary N) is 1. The zero-order valence-corrected chi connectivity index (χ0v) is 12.8. The second-order valence-electron chi connectivity index (χ2n) is 6.62. The van der Waals surface area contributed by atoms with Crippen LogP contribution in [0.15, 0.2) is 36.9 Å². The zero-order chi connectivity index (χ0) is 15.1. The lowest BCUT2D eigenvalue weighted by atomic mass is 9.77. The van der Waals surface area contributed by atoms with Crippen LogP contribution in [0.4, 0.5) is 0 Å². The number of carbonyl (C=O) groups excluding carboxylic acids is 1. The van der Waals surface area contributed by atoms with Crippen molar-refractivity contribution in [3.63, 3.8) is 0 Å². The fourth-order valence-electron chi connectivity index (χ4n) is 4.40. The second-order valence-corrected chi connectivity index (χ2v) is 6.62. The number of carbonyl (C=O) groups is 1. The van der Waals surface area contributed by atoms with Gasteiger partial charge in [0.05, 0.1) is 6.04 Å². The number of H-pyrrole nitrogens is 1. The van der Waals surface area contributed by atoms with Gasteiger partial charge in [-0.3, -0.25) is 4.90 Å². The SMILES string of the molecule is C=CC1CN2CCc3c([nH]c4ccccc34)C2CC1CC=O. The summed E-state index contributed by atoms with van der Waals surface area (Å²) in [5.74, 6) is 0.862. The number of para-hydroxylation sites is 1. The highest BCUT2D eigenvalue weighted by atomic mass is 16.1. The van der Waals surface area contributed by atoms with E-state index in [0.29, 0.717) is 24.3 Å². The van der Waals surface area contributed by atoms with Gasteiger partial charge in [-0.05, 0) is 36.3 Å². The van der Waals surface area contributed by atoms with Gasteiger partial charge in [0.1, 0.15) is 6.29 Å². The molecule has 22 heavy (non-hydrogen) atoms. The van der Waals surface area contributed by atoms with Crippen LogP contribution in [0.2, 0.25) is 0 Å². The van der Waals surface area contributed by atoms with Crippen LogP contribution in [0.5, 0.6) is 0 Å². The first kappa shape index (κ1) is 13.8. The Morgan fingerprint density at radius 3 is 3.05 bits per heavy atom. The van der Waals surface area contributed by atoms with Crippen molar-refractivity contribution in [1.82, 2.24) is 9.88 Å². The summed E-state index contributed by atoms with van der Waals surface area (Å²) >= 11 is 0. The number of benzene rings is 1. The third kappa shape index (κ3) is 2.03. The van der Waals surface area contributed by atoms with E-state index < -0.39 is 0 Å². The highest BCUT2D eigenvalue weighted by Crippen LogP contribution is 2.43. The Kier molecular flexibility index (Phi) is 3.38. The summed E-state index contributed by atoms with van der Waals surface area (Å²) in [6, 6.07) is 9.02. The van der Waals surface area contributed by atoms with Crippen molar-refractivity contribution in [3.05, 3.63) is 48.2 Å². The van der Waals surface area contributed by atoms with Crippen LogP contribution in [0.25, 0.3) is 10.9 Å². The molecule has 0 amide bonds. The molecule has 0 radical (unpaired) electrons. The van der Waals surface area contributed by atoms with Gasteiger partial charge < -0.3 is 9.78 Å². The molecular weight excluding hydrogens is 272 g/mol. The number of rotatable bonds is 3. The van der Waals surface area contributed by atoms with Crippen molar-refractivity contribution in [3.8, 4) is 0 Å². The summed E-state index contributed by atoms with van der Waals surface area (Å²) in [4.78, 5) is 17.3. The molecule has 4 rings (SSSR count). The van der Waals surface area contributed by atoms with Crippen LogP contribution in [0, 0.1) is 11.8 Å². The highest BCUT2D eigenvalue weighted by molar-refractivity contribution is 5.85. The molecule has 0 spiro atoms. The first-order valence-electron chi connectivity index (χ1n) is 8.21. The van der Waals surface area contributed by atoms with E-state index in [-0.39, 0.29) is 0 Å². The normalized spacial score (nSPS) is 28.1. The molecule has 2 aliphatic heterocycles. The number of fused-ring (bicyclic) bond motifs is 5. The van der Waals surface area contributed by atoms with E-state index >= 15 is 0 Å². The monoisotopic (exact) mass is 294 g/mol. The van der Waals surface area contributed by atoms with Gasteiger partial charge >= 0.3 is 0 Å². The summed E-state index contributed by atoms with van der Waals surface area (Å²) in [5.41, 5.74) is 4.11. The Morgan fingerprint density at radius 1 is 1.36 bits per heavy atom. The Hall–Kier alpha value is -1.87. The largest absolute Gasteiger partial charge is 0.357 e. The number of nitrogens with zero attached hydrogens (tertiary/aromatic N) is 1. The maximum absolute atomic E-state index is 11.0. The summed E-state index contributed by atoms with van der Waals surface area (Å²) in [6.07, 6.45) is 5.93. The zero-order valence-electron chi connectivity index (χ0n) is 12.8. The highest BCUT2D eigenvalue weighted by Gasteiger charge is 2.38. The quantitative estimate of drug-likeness (QED) is 0.695. The van der Waals surface area contributed by atoms with Crippen LogP contribution < -0.4 is 0 Å². The Bertz CT molecular complexity index is 717. The van der Waals surface area contributed by atoms with E-state index in [1.54, 1.807) is 0 Å². The molecule has 3 atom stereocenters. The molecular formula is C19H22N2O. The van der Waals surface area contributed by atoms with Crippen molar-refractivity contribution in [2.45, 2.75) is 25.3 Å². The number of aromatic nitrogens is 1.